The van der Waals surface area contributed by atoms with Gasteiger partial charge in [0.1, 0.15) is 6.10 Å². The van der Waals surface area contributed by atoms with Crippen LogP contribution in [0.4, 0.5) is 0 Å². The predicted molar refractivity (Wildman–Crippen MR) is 84.7 cm³/mol. The molecule has 22 heavy (non-hydrogen) atoms. The highest BCUT2D eigenvalue weighted by atomic mass is 32.1. The fourth-order valence-electron chi connectivity index (χ4n) is 2.44. The second-order valence-corrected chi connectivity index (χ2v) is 5.67. The summed E-state index contributed by atoms with van der Waals surface area (Å²) in [5, 5.41) is 12.4. The van der Waals surface area contributed by atoms with Gasteiger partial charge in [0.05, 0.1) is 24.9 Å². The van der Waals surface area contributed by atoms with Crippen LogP contribution in [0.2, 0.25) is 0 Å². The minimum absolute atomic E-state index is 0.0812. The molecule has 0 unspecified atom stereocenters. The number of hydrazone groups is 1. The standard InChI is InChI=1S/C11H15N7O2S2/c1-2-3-17-11(22)18(16-15-17)7-4-6(13-14-10(12)21)9-19-5-8(7)20-9/h2,7-9H,1,3-5H2,(H3,12,14,21)/b13-6+/t7-,8-,9+/m1/s1. The molecule has 0 saturated carbocycles. The topological polar surface area (TPSA) is 105 Å². The molecule has 1 aromatic rings. The van der Waals surface area contributed by atoms with Crippen molar-refractivity contribution >= 4 is 35.3 Å². The summed E-state index contributed by atoms with van der Waals surface area (Å²) in [7, 11) is 0. The van der Waals surface area contributed by atoms with Crippen LogP contribution in [0.5, 0.6) is 0 Å². The van der Waals surface area contributed by atoms with Gasteiger partial charge in [-0.15, -0.1) is 6.58 Å². The van der Waals surface area contributed by atoms with Crippen molar-refractivity contribution < 1.29 is 9.47 Å². The average Bonchev–Trinajstić information content (AvgIpc) is 3.06. The van der Waals surface area contributed by atoms with Crippen molar-refractivity contribution in [2.24, 2.45) is 10.8 Å². The minimum atomic E-state index is -0.486. The molecule has 1 aromatic heterocycles. The lowest BCUT2D eigenvalue weighted by Gasteiger charge is -2.27. The van der Waals surface area contributed by atoms with E-state index in [2.05, 4.69) is 27.5 Å². The van der Waals surface area contributed by atoms with E-state index in [1.54, 1.807) is 15.4 Å². The maximum atomic E-state index is 5.79. The Kier molecular flexibility index (Phi) is 4.29. The third kappa shape index (κ3) is 2.79. The molecule has 2 fully saturated rings. The van der Waals surface area contributed by atoms with E-state index in [9.17, 15) is 0 Å². The first-order chi connectivity index (χ1) is 10.6. The summed E-state index contributed by atoms with van der Waals surface area (Å²) in [6.45, 7) is 4.61. The number of hydrogen-bond donors (Lipinski definition) is 2. The van der Waals surface area contributed by atoms with Crippen molar-refractivity contribution in [3.05, 3.63) is 17.4 Å². The van der Waals surface area contributed by atoms with Crippen molar-refractivity contribution in [1.82, 2.24) is 25.2 Å². The quantitative estimate of drug-likeness (QED) is 0.443. The number of fused-ring (bicyclic) bond motifs is 2. The molecule has 0 spiro atoms. The number of allylic oxidation sites excluding steroid dienone is 1. The Balaban J connectivity index is 1.87. The Bertz CT molecular complexity index is 682. The Hall–Kier alpha value is -1.69. The first-order valence-corrected chi connectivity index (χ1v) is 7.44. The van der Waals surface area contributed by atoms with E-state index in [4.69, 9.17) is 39.6 Å². The number of nitrogens with two attached hydrogens (primary N) is 1. The van der Waals surface area contributed by atoms with Gasteiger partial charge in [-0.2, -0.15) is 5.10 Å². The van der Waals surface area contributed by atoms with Crippen molar-refractivity contribution in [3.8, 4) is 0 Å². The number of hydrogen-bond acceptors (Lipinski definition) is 7. The van der Waals surface area contributed by atoms with E-state index < -0.39 is 6.29 Å². The average molecular weight is 341 g/mol. The van der Waals surface area contributed by atoms with E-state index in [0.717, 1.165) is 0 Å². The zero-order valence-corrected chi connectivity index (χ0v) is 13.2. The molecule has 3 N–H and O–H groups in total. The highest BCUT2D eigenvalue weighted by Crippen LogP contribution is 2.33. The summed E-state index contributed by atoms with van der Waals surface area (Å²) in [4.78, 5) is 0. The molecule has 0 amide bonds. The maximum Gasteiger partial charge on any atom is 0.216 e. The SMILES string of the molecule is C=CCn1nnn([C@@H]2C/C(=N\NC(N)=S)[C@H]3OC[C@H]2O3)c1=S. The molecule has 3 rings (SSSR count). The van der Waals surface area contributed by atoms with Gasteiger partial charge in [-0.1, -0.05) is 6.08 Å². The molecule has 3 atom stereocenters. The van der Waals surface area contributed by atoms with Gasteiger partial charge in [0.15, 0.2) is 11.4 Å². The second-order valence-electron chi connectivity index (χ2n) is 4.87. The van der Waals surface area contributed by atoms with E-state index in [0.29, 0.717) is 30.1 Å². The summed E-state index contributed by atoms with van der Waals surface area (Å²) in [6, 6.07) is -0.142. The molecule has 2 aliphatic heterocycles. The smallest absolute Gasteiger partial charge is 0.216 e. The van der Waals surface area contributed by atoms with E-state index in [1.807, 2.05) is 0 Å². The fraction of sp³-hybridized carbons (Fsp3) is 0.545. The summed E-state index contributed by atoms with van der Waals surface area (Å²) in [5.41, 5.74) is 8.60. The number of nitrogens with one attached hydrogen (secondary N) is 1. The van der Waals surface area contributed by atoms with Gasteiger partial charge in [-0.25, -0.2) is 9.36 Å². The summed E-state index contributed by atoms with van der Waals surface area (Å²) in [6.07, 6.45) is 1.64. The minimum Gasteiger partial charge on any atom is -0.375 e. The Morgan fingerprint density at radius 3 is 3.14 bits per heavy atom. The van der Waals surface area contributed by atoms with Crippen LogP contribution in [0, 0.1) is 4.77 Å². The van der Waals surface area contributed by atoms with E-state index in [1.165, 1.54) is 0 Å². The lowest BCUT2D eigenvalue weighted by molar-refractivity contribution is -0.0324. The van der Waals surface area contributed by atoms with Gasteiger partial charge in [0.2, 0.25) is 4.77 Å². The van der Waals surface area contributed by atoms with Gasteiger partial charge in [0, 0.05) is 6.42 Å². The maximum absolute atomic E-state index is 5.79. The number of tetrazole rings is 1. The highest BCUT2D eigenvalue weighted by molar-refractivity contribution is 7.80. The molecule has 2 bridgehead atoms. The zero-order valence-electron chi connectivity index (χ0n) is 11.6. The van der Waals surface area contributed by atoms with Gasteiger partial charge in [-0.3, -0.25) is 5.43 Å². The summed E-state index contributed by atoms with van der Waals surface area (Å²) < 4.78 is 15.1. The normalized spacial score (nSPS) is 28.7. The summed E-state index contributed by atoms with van der Waals surface area (Å²) >= 11 is 10.1. The second kappa shape index (κ2) is 6.20. The summed E-state index contributed by atoms with van der Waals surface area (Å²) in [5.74, 6) is 0. The monoisotopic (exact) mass is 341 g/mol. The van der Waals surface area contributed by atoms with Gasteiger partial charge in [-0.05, 0) is 34.9 Å². The van der Waals surface area contributed by atoms with Crippen molar-refractivity contribution in [3.63, 3.8) is 0 Å². The molecule has 0 aromatic carbocycles. The Labute approximate surface area is 136 Å². The van der Waals surface area contributed by atoms with E-state index in [-0.39, 0.29) is 17.3 Å². The van der Waals surface area contributed by atoms with Gasteiger partial charge in [0.25, 0.3) is 0 Å². The molecule has 118 valence electrons. The highest BCUT2D eigenvalue weighted by Gasteiger charge is 2.44. The van der Waals surface area contributed by atoms with Crippen molar-refractivity contribution in [2.45, 2.75) is 31.4 Å². The molecule has 0 aliphatic carbocycles. The van der Waals surface area contributed by atoms with Crippen molar-refractivity contribution in [1.29, 1.82) is 0 Å². The zero-order chi connectivity index (χ0) is 15.7. The van der Waals surface area contributed by atoms with Gasteiger partial charge >= 0.3 is 0 Å². The molecule has 3 heterocycles. The number of aromatic nitrogens is 4. The van der Waals surface area contributed by atoms with E-state index >= 15 is 0 Å². The van der Waals surface area contributed by atoms with Gasteiger partial charge < -0.3 is 15.2 Å². The van der Waals surface area contributed by atoms with Crippen LogP contribution in [0.25, 0.3) is 0 Å². The van der Waals surface area contributed by atoms with Crippen LogP contribution in [0.1, 0.15) is 12.5 Å². The third-order valence-electron chi connectivity index (χ3n) is 3.42. The fourth-order valence-corrected chi connectivity index (χ4v) is 2.77. The Morgan fingerprint density at radius 2 is 2.41 bits per heavy atom. The lowest BCUT2D eigenvalue weighted by atomic mass is 10.0. The van der Waals surface area contributed by atoms with Crippen molar-refractivity contribution in [2.75, 3.05) is 6.61 Å². The molecule has 11 heteroatoms. The van der Waals surface area contributed by atoms with Crippen LogP contribution < -0.4 is 11.2 Å². The number of nitrogens with zero attached hydrogens (tertiary/aromatic N) is 5. The molecule has 9 nitrogen and oxygen atoms in total. The number of rotatable bonds is 4. The number of ether oxygens (including phenoxy) is 2. The van der Waals surface area contributed by atoms with Crippen LogP contribution >= 0.6 is 24.4 Å². The van der Waals surface area contributed by atoms with Crippen LogP contribution in [0.15, 0.2) is 17.8 Å². The third-order valence-corrected chi connectivity index (χ3v) is 3.91. The number of thiocarbonyl (C=S) groups is 1. The first-order valence-electron chi connectivity index (χ1n) is 6.62. The predicted octanol–water partition coefficient (Wildman–Crippen LogP) is -0.129. The largest absolute Gasteiger partial charge is 0.375 e. The Morgan fingerprint density at radius 1 is 1.59 bits per heavy atom. The van der Waals surface area contributed by atoms with Crippen LogP contribution in [-0.4, -0.2) is 49.6 Å². The first kappa shape index (κ1) is 15.2. The molecule has 0 radical (unpaired) electrons. The van der Waals surface area contributed by atoms with Crippen LogP contribution in [-0.2, 0) is 16.0 Å². The molecular formula is C11H15N7O2S2. The van der Waals surface area contributed by atoms with Crippen LogP contribution in [0.3, 0.4) is 0 Å². The lowest BCUT2D eigenvalue weighted by Crippen LogP contribution is -2.39. The molecule has 2 saturated heterocycles. The molecular weight excluding hydrogens is 326 g/mol. The molecule has 2 aliphatic rings.